The zero-order chi connectivity index (χ0) is 93.5. The van der Waals surface area contributed by atoms with Gasteiger partial charge in [0.05, 0.1) is 102 Å². The van der Waals surface area contributed by atoms with E-state index in [1.54, 1.807) is 13.3 Å². The van der Waals surface area contributed by atoms with Crippen molar-refractivity contribution in [3.8, 4) is 117 Å². The molecule has 26 rings (SSSR count). The number of imidazole rings is 5. The van der Waals surface area contributed by atoms with Crippen LogP contribution in [0.3, 0.4) is 0 Å². The van der Waals surface area contributed by atoms with E-state index in [1.807, 2.05) is 106 Å². The highest BCUT2D eigenvalue weighted by Gasteiger charge is 2.35. The first-order valence-corrected chi connectivity index (χ1v) is 47.2. The monoisotopic (exact) mass is 1800 g/mol. The van der Waals surface area contributed by atoms with E-state index in [-0.39, 0.29) is 0 Å². The highest BCUT2D eigenvalue weighted by atomic mass is 16.5. The number of nitrogens with one attached hydrogen (secondary N) is 5. The molecule has 25 nitrogen and oxygen atoms in total. The maximum Gasteiger partial charge on any atom is 0.221 e. The van der Waals surface area contributed by atoms with Crippen molar-refractivity contribution in [1.29, 1.82) is 0 Å². The Morgan fingerprint density at radius 1 is 0.309 bits per heavy atom. The average Bonchev–Trinajstić information content (AvgIpc) is 1.12. The van der Waals surface area contributed by atoms with Crippen molar-refractivity contribution in [2.24, 2.45) is 7.05 Å². The van der Waals surface area contributed by atoms with E-state index in [0.717, 1.165) is 247 Å². The first-order chi connectivity index (χ1) is 65.9. The van der Waals surface area contributed by atoms with Crippen molar-refractivity contribution in [2.45, 2.75) is 198 Å². The Bertz CT molecular complexity index is 7970. The number of rotatable bonds is 16. The Labute approximate surface area is 785 Å². The molecule has 21 aromatic rings. The minimum Gasteiger partial charge on any atom is -0.481 e. The molecule has 0 unspecified atom stereocenters. The van der Waals surface area contributed by atoms with E-state index in [2.05, 4.69) is 227 Å². The molecule has 0 radical (unpaired) electrons. The van der Waals surface area contributed by atoms with Crippen LogP contribution in [0.25, 0.3) is 177 Å². The van der Waals surface area contributed by atoms with Crippen molar-refractivity contribution in [1.82, 2.24) is 95.1 Å². The van der Waals surface area contributed by atoms with Crippen LogP contribution in [-0.4, -0.2) is 102 Å². The van der Waals surface area contributed by atoms with Crippen LogP contribution >= 0.6 is 0 Å². The molecule has 14 aromatic heterocycles. The smallest absolute Gasteiger partial charge is 0.221 e. The van der Waals surface area contributed by atoms with Gasteiger partial charge in [0.25, 0.3) is 0 Å². The predicted molar refractivity (Wildman–Crippen MR) is 532 cm³/mol. The number of ether oxygens (including phenoxy) is 1. The summed E-state index contributed by atoms with van der Waals surface area (Å²) < 4.78 is 34.9. The molecule has 0 amide bonds. The van der Waals surface area contributed by atoms with E-state index in [1.165, 1.54) is 109 Å². The van der Waals surface area contributed by atoms with Crippen molar-refractivity contribution >= 4 is 66.1 Å². The Balaban J connectivity index is 0.0000000986. The van der Waals surface area contributed by atoms with Gasteiger partial charge in [-0.3, -0.25) is 9.97 Å². The van der Waals surface area contributed by atoms with Crippen molar-refractivity contribution in [2.75, 3.05) is 7.11 Å². The molecule has 25 heteroatoms. The lowest BCUT2D eigenvalue weighted by Crippen LogP contribution is -1.95. The molecular weight excluding hydrogens is 1700 g/mol. The lowest BCUT2D eigenvalue weighted by Gasteiger charge is -2.13. The van der Waals surface area contributed by atoms with Crippen LogP contribution in [0.2, 0.25) is 0 Å². The summed E-state index contributed by atoms with van der Waals surface area (Å²) in [7, 11) is 3.74. The number of aromatic amines is 5. The summed E-state index contributed by atoms with van der Waals surface area (Å²) in [4.78, 5) is 56.1. The highest BCUT2D eigenvalue weighted by Crippen LogP contribution is 2.51. The largest absolute Gasteiger partial charge is 0.481 e. The number of pyridine rings is 3. The molecular formula is C111H107N19O6. The SMILES string of the molecule is COc1nccc(C)c1-c1cc(-c2c(C)noc2C)cc2[nH]c(C3CC3)nc12.Cc1ccc2ncccc2c1-c1cc(-c2c(C)noc2C)cc2[nH]c(C3CC3)nc12.Cc1ccccc1-c1cc(-c2c(C)noc2C)cc2[nH]c(C3CC3)nc12.Cc1ccn(C)c1-c1cc(-c2c(C)noc2C)cc2[nH]c(C3CC3)nc12.Cc1ccncc1-c1cc(-c2c(C)noc2C)cc2[nH]c(C3CC3)nc12. The normalized spacial score (nSPS) is 14.2. The quantitative estimate of drug-likeness (QED) is 0.0600. The van der Waals surface area contributed by atoms with Gasteiger partial charge in [0.2, 0.25) is 5.88 Å². The lowest BCUT2D eigenvalue weighted by molar-refractivity contribution is 0.393. The number of hydrogen-bond acceptors (Lipinski definition) is 19. The van der Waals surface area contributed by atoms with Crippen LogP contribution in [0.4, 0.5) is 0 Å². The molecule has 14 heterocycles. The third-order valence-electron chi connectivity index (χ3n) is 27.6. The number of methoxy groups -OCH3 is 1. The fourth-order valence-corrected chi connectivity index (χ4v) is 19.9. The Hall–Kier alpha value is -15.3. The molecule has 0 bridgehead atoms. The van der Waals surface area contributed by atoms with E-state index >= 15 is 0 Å². The van der Waals surface area contributed by atoms with Crippen LogP contribution in [-0.2, 0) is 7.05 Å². The Morgan fingerprint density at radius 3 is 1.03 bits per heavy atom. The zero-order valence-corrected chi connectivity index (χ0v) is 79.7. The van der Waals surface area contributed by atoms with Crippen LogP contribution in [0, 0.1) is 104 Å². The second-order valence-electron chi connectivity index (χ2n) is 37.9. The minimum absolute atomic E-state index is 0.541. The van der Waals surface area contributed by atoms with Gasteiger partial charge in [0.1, 0.15) is 57.9 Å². The summed E-state index contributed by atoms with van der Waals surface area (Å²) in [5.41, 5.74) is 43.9. The summed E-state index contributed by atoms with van der Waals surface area (Å²) in [5, 5.41) is 21.8. The molecule has 7 aromatic carbocycles. The van der Waals surface area contributed by atoms with Gasteiger partial charge in [-0.2, -0.15) is 0 Å². The summed E-state index contributed by atoms with van der Waals surface area (Å²) in [6.45, 7) is 30.4. The van der Waals surface area contributed by atoms with E-state index in [0.29, 0.717) is 35.5 Å². The van der Waals surface area contributed by atoms with Crippen molar-refractivity contribution < 1.29 is 27.4 Å². The summed E-state index contributed by atoms with van der Waals surface area (Å²) in [6.07, 6.45) is 21.7. The van der Waals surface area contributed by atoms with Gasteiger partial charge in [-0.15, -0.1) is 0 Å². The first kappa shape index (κ1) is 86.2. The van der Waals surface area contributed by atoms with Gasteiger partial charge >= 0.3 is 0 Å². The summed E-state index contributed by atoms with van der Waals surface area (Å²) in [5.74, 6) is 13.1. The van der Waals surface area contributed by atoms with Crippen molar-refractivity contribution in [3.63, 3.8) is 0 Å². The topological polar surface area (TPSA) is 326 Å². The molecule has 5 N–H and O–H groups in total. The van der Waals surface area contributed by atoms with Crippen LogP contribution in [0.5, 0.6) is 5.88 Å². The second kappa shape index (κ2) is 34.3. The Morgan fingerprint density at radius 2 is 0.662 bits per heavy atom. The lowest BCUT2D eigenvalue weighted by atomic mass is 9.92. The molecule has 682 valence electrons. The summed E-state index contributed by atoms with van der Waals surface area (Å²) in [6, 6.07) is 45.0. The molecule has 0 saturated heterocycles. The van der Waals surface area contributed by atoms with Gasteiger partial charge in [-0.05, 0) is 326 Å². The standard InChI is InChI=1S/C25H22N4O.C22H22N4O2.C22H21N3O.C21H22N4O.C21H20N4O/c1-13-6-9-20-18(5-4-10-26-20)22(13)19-11-17(23-14(2)29-30-15(23)3)12-21-24(19)28-25(27-21)16-7-8-16;1-11-7-8-23-22(27-4)18(11)16-9-15(19-12(2)26-28-13(19)3)10-17-20(16)25-21(24-17)14-5-6-14;1-12-6-4-5-7-17(12)18-10-16(20-13(2)25-26-14(20)3)11-19-21(18)24-22(23-19)15-8-9-15;1-11-7-8-25(4)20(11)16-9-15(18-12(2)24-26-13(18)3)10-17-19(16)23-21(22-17)14-5-6-14;1-11-6-7-22-10-17(11)16-8-15(19-12(2)25-26-13(19)3)9-18-20(16)24-21(23-18)14-4-5-14/h4-6,9-12,16H,7-8H2,1-3H3,(H,27,28);7-10,14H,5-6H2,1-4H3,(H,24,25);4-7,10-11,15H,8-9H2,1-3H3,(H,23,24);7-10,14H,5-6H2,1-4H3,(H,22,23);6-10,14H,4-5H2,1-3H3,(H,23,24). The molecule has 0 aliphatic heterocycles. The zero-order valence-electron chi connectivity index (χ0n) is 79.7. The van der Waals surface area contributed by atoms with E-state index in [4.69, 9.17) is 52.3 Å². The molecule has 136 heavy (non-hydrogen) atoms. The number of aryl methyl sites for hydroxylation is 16. The summed E-state index contributed by atoms with van der Waals surface area (Å²) >= 11 is 0. The van der Waals surface area contributed by atoms with Crippen LogP contribution in [0.15, 0.2) is 181 Å². The predicted octanol–water partition coefficient (Wildman–Crippen LogP) is 27.1. The van der Waals surface area contributed by atoms with Gasteiger partial charge < -0.3 is 56.8 Å². The fraction of sp³-hybridized carbons (Fsp3) is 0.288. The molecule has 5 aliphatic carbocycles. The minimum atomic E-state index is 0.541. The molecule has 0 atom stereocenters. The van der Waals surface area contributed by atoms with E-state index in [9.17, 15) is 0 Å². The molecule has 5 fully saturated rings. The maximum atomic E-state index is 5.59. The second-order valence-corrected chi connectivity index (χ2v) is 37.9. The van der Waals surface area contributed by atoms with Gasteiger partial charge in [-0.1, -0.05) is 62.2 Å². The number of benzene rings is 7. The number of aromatic nitrogens is 19. The molecule has 5 aliphatic rings. The first-order valence-electron chi connectivity index (χ1n) is 47.2. The third-order valence-corrected chi connectivity index (χ3v) is 27.6. The average molecular weight is 1800 g/mol. The van der Waals surface area contributed by atoms with Gasteiger partial charge in [0, 0.05) is 140 Å². The third kappa shape index (κ3) is 16.1. The molecule has 0 spiro atoms. The van der Waals surface area contributed by atoms with E-state index < -0.39 is 0 Å². The van der Waals surface area contributed by atoms with Gasteiger partial charge in [-0.25, -0.2) is 29.9 Å². The maximum absolute atomic E-state index is 5.59. The number of hydrogen-bond donors (Lipinski definition) is 5. The van der Waals surface area contributed by atoms with Gasteiger partial charge in [0.15, 0.2) is 0 Å². The Kier molecular flexibility index (Phi) is 21.7. The van der Waals surface area contributed by atoms with Crippen molar-refractivity contribution in [3.05, 3.63) is 273 Å². The molecule has 5 saturated carbocycles. The van der Waals surface area contributed by atoms with Crippen LogP contribution < -0.4 is 4.74 Å². The van der Waals surface area contributed by atoms with Crippen LogP contribution in [0.1, 0.15) is 208 Å². The fourth-order valence-electron chi connectivity index (χ4n) is 19.9. The number of H-pyrrole nitrogens is 5. The number of nitrogens with zero attached hydrogens (tertiary/aromatic N) is 14. The number of fused-ring (bicyclic) bond motifs is 6. The highest BCUT2D eigenvalue weighted by molar-refractivity contribution is 6.07.